The molecule has 2 N–H and O–H groups in total. The van der Waals surface area contributed by atoms with E-state index in [0.717, 1.165) is 4.90 Å². The van der Waals surface area contributed by atoms with Crippen molar-refractivity contribution in [1.82, 2.24) is 15.1 Å². The smallest absolute Gasteiger partial charge is 0.411 e. The molecule has 17 heteroatoms. The average molecular weight is 674 g/mol. The number of amides is 3. The van der Waals surface area contributed by atoms with Gasteiger partial charge in [-0.2, -0.15) is 0 Å². The van der Waals surface area contributed by atoms with Crippen LogP contribution in [0.5, 0.6) is 0 Å². The van der Waals surface area contributed by atoms with Gasteiger partial charge in [-0.3, -0.25) is 33.8 Å². The second kappa shape index (κ2) is 17.5. The second-order valence-corrected chi connectivity index (χ2v) is 12.9. The van der Waals surface area contributed by atoms with Crippen molar-refractivity contribution in [2.45, 2.75) is 117 Å². The van der Waals surface area contributed by atoms with E-state index in [0.29, 0.717) is 0 Å². The quantitative estimate of drug-likeness (QED) is 0.262. The molecule has 47 heavy (non-hydrogen) atoms. The minimum Gasteiger partial charge on any atom is -0.480 e. The van der Waals surface area contributed by atoms with Crippen molar-refractivity contribution in [3.05, 3.63) is 0 Å². The highest BCUT2D eigenvalue weighted by Gasteiger charge is 2.44. The molecule has 2 fully saturated rings. The molecule has 3 amide bonds. The lowest BCUT2D eigenvalue weighted by molar-refractivity contribution is -0.147. The third-order valence-corrected chi connectivity index (χ3v) is 6.33. The molecule has 0 aliphatic carbocycles. The average Bonchev–Trinajstić information content (AvgIpc) is 3.53. The van der Waals surface area contributed by atoms with Crippen LogP contribution in [0.3, 0.4) is 0 Å². The van der Waals surface area contributed by atoms with E-state index in [9.17, 15) is 38.4 Å². The summed E-state index contributed by atoms with van der Waals surface area (Å²) < 4.78 is 25.0. The van der Waals surface area contributed by atoms with Gasteiger partial charge in [-0.1, -0.05) is 0 Å². The van der Waals surface area contributed by atoms with Crippen LogP contribution >= 0.6 is 0 Å². The van der Waals surface area contributed by atoms with Crippen molar-refractivity contribution in [3.8, 4) is 0 Å². The SMILES string of the molecule is CC(=O)O[C@@H]1C[C@@H](C(=O)O)N(C(=O)OC(C)(C)C)C1.COC(=O)CCC(=O)CNC(=O)[C@@H]1C[C@@H](OC(C)=O)CN1C(=O)OC(C)(C)C. The third-order valence-electron chi connectivity index (χ3n) is 6.33. The summed E-state index contributed by atoms with van der Waals surface area (Å²) >= 11 is 0. The van der Waals surface area contributed by atoms with E-state index in [4.69, 9.17) is 24.1 Å². The van der Waals surface area contributed by atoms with Gasteiger partial charge in [0.15, 0.2) is 5.78 Å². The Balaban J connectivity index is 0.000000506. The Kier molecular flexibility index (Phi) is 15.1. The predicted octanol–water partition coefficient (Wildman–Crippen LogP) is 1.58. The van der Waals surface area contributed by atoms with E-state index in [1.165, 1.54) is 25.9 Å². The zero-order valence-electron chi connectivity index (χ0n) is 28.4. The molecule has 0 aromatic rings. The molecule has 0 aromatic heterocycles. The summed E-state index contributed by atoms with van der Waals surface area (Å²) in [7, 11) is 1.22. The van der Waals surface area contributed by atoms with Crippen molar-refractivity contribution < 1.29 is 67.1 Å². The van der Waals surface area contributed by atoms with Gasteiger partial charge in [0.05, 0.1) is 33.2 Å². The van der Waals surface area contributed by atoms with Gasteiger partial charge in [-0.25, -0.2) is 14.4 Å². The fourth-order valence-electron chi connectivity index (χ4n) is 4.50. The minimum atomic E-state index is -1.14. The van der Waals surface area contributed by atoms with Gasteiger partial charge in [0, 0.05) is 33.1 Å². The van der Waals surface area contributed by atoms with Crippen LogP contribution in [0.1, 0.15) is 81.1 Å². The van der Waals surface area contributed by atoms with Crippen LogP contribution in [0.25, 0.3) is 0 Å². The number of nitrogens with one attached hydrogen (secondary N) is 1. The number of methoxy groups -OCH3 is 1. The molecule has 0 saturated carbocycles. The number of Topliss-reactive ketones (excluding diaryl/α,β-unsaturated/α-hetero) is 1. The number of nitrogens with zero attached hydrogens (tertiary/aromatic N) is 2. The second-order valence-electron chi connectivity index (χ2n) is 12.9. The maximum Gasteiger partial charge on any atom is 0.411 e. The molecule has 266 valence electrons. The van der Waals surface area contributed by atoms with E-state index < -0.39 is 77.5 Å². The number of carboxylic acid groups (broad SMARTS) is 1. The fraction of sp³-hybridized carbons (Fsp3) is 0.733. The maximum atomic E-state index is 12.5. The molecular weight excluding hydrogens is 626 g/mol. The zero-order chi connectivity index (χ0) is 36.3. The number of esters is 3. The number of carbonyl (C=O) groups is 8. The number of ketones is 1. The summed E-state index contributed by atoms with van der Waals surface area (Å²) in [5.41, 5.74) is -1.47. The number of carbonyl (C=O) groups excluding carboxylic acids is 7. The summed E-state index contributed by atoms with van der Waals surface area (Å²) in [6.45, 7) is 12.4. The van der Waals surface area contributed by atoms with Gasteiger partial charge in [-0.15, -0.1) is 0 Å². The molecule has 0 unspecified atom stereocenters. The summed E-state index contributed by atoms with van der Waals surface area (Å²) in [5, 5.41) is 11.6. The number of aliphatic carboxylic acids is 1. The standard InChI is InChI=1S/C18H28N2O8.C12H19NO6/c1-11(21)27-13-8-14(20(10-13)17(25)28-18(2,3)4)16(24)19-9-12(22)6-7-15(23)26-5;1-7(14)18-8-5-9(10(15)16)13(6-8)11(17)19-12(2,3)4/h13-14H,6-10H2,1-5H3,(H,19,24);8-9H,5-6H2,1-4H3,(H,15,16)/t13-,14+;8-,9+/m11/s1. The summed E-state index contributed by atoms with van der Waals surface area (Å²) in [5.74, 6) is -3.59. The maximum absolute atomic E-state index is 12.5. The molecule has 2 rings (SSSR count). The highest BCUT2D eigenvalue weighted by molar-refractivity contribution is 5.91. The van der Waals surface area contributed by atoms with E-state index in [-0.39, 0.29) is 51.1 Å². The van der Waals surface area contributed by atoms with Crippen LogP contribution < -0.4 is 5.32 Å². The highest BCUT2D eigenvalue weighted by atomic mass is 16.6. The molecule has 0 aromatic carbocycles. The molecule has 0 bridgehead atoms. The van der Waals surface area contributed by atoms with Gasteiger partial charge in [0.1, 0.15) is 35.5 Å². The van der Waals surface area contributed by atoms with Crippen molar-refractivity contribution in [2.75, 3.05) is 26.7 Å². The van der Waals surface area contributed by atoms with Crippen molar-refractivity contribution in [3.63, 3.8) is 0 Å². The van der Waals surface area contributed by atoms with Gasteiger partial charge >= 0.3 is 36.1 Å². The fourth-order valence-corrected chi connectivity index (χ4v) is 4.50. The van der Waals surface area contributed by atoms with Crippen LogP contribution in [0, 0.1) is 0 Å². The Morgan fingerprint density at radius 3 is 1.53 bits per heavy atom. The minimum absolute atomic E-state index is 0.0167. The van der Waals surface area contributed by atoms with Crippen LogP contribution in [-0.2, 0) is 52.5 Å². The largest absolute Gasteiger partial charge is 0.480 e. The van der Waals surface area contributed by atoms with Crippen LogP contribution in [0.15, 0.2) is 0 Å². The summed E-state index contributed by atoms with van der Waals surface area (Å²) in [4.78, 5) is 95.2. The molecule has 4 atom stereocenters. The van der Waals surface area contributed by atoms with E-state index in [1.807, 2.05) is 0 Å². The Bertz CT molecular complexity index is 1190. The number of hydrogen-bond donors (Lipinski definition) is 2. The summed E-state index contributed by atoms with van der Waals surface area (Å²) in [6.07, 6.45) is -2.64. The Labute approximate surface area is 273 Å². The van der Waals surface area contributed by atoms with Crippen LogP contribution in [-0.4, -0.2) is 125 Å². The number of rotatable bonds is 9. The molecule has 2 aliphatic rings. The molecule has 2 heterocycles. The van der Waals surface area contributed by atoms with Crippen molar-refractivity contribution >= 4 is 47.8 Å². The van der Waals surface area contributed by atoms with Crippen molar-refractivity contribution in [2.24, 2.45) is 0 Å². The topological polar surface area (TPSA) is 221 Å². The molecule has 0 radical (unpaired) electrons. The monoisotopic (exact) mass is 673 g/mol. The zero-order valence-corrected chi connectivity index (χ0v) is 28.4. The first-order valence-corrected chi connectivity index (χ1v) is 15.0. The normalized spacial score (nSPS) is 20.6. The predicted molar refractivity (Wildman–Crippen MR) is 161 cm³/mol. The Morgan fingerprint density at radius 1 is 0.723 bits per heavy atom. The van der Waals surface area contributed by atoms with Crippen LogP contribution in [0.4, 0.5) is 9.59 Å². The summed E-state index contributed by atoms with van der Waals surface area (Å²) in [6, 6.07) is -1.97. The van der Waals surface area contributed by atoms with Crippen LogP contribution in [0.2, 0.25) is 0 Å². The van der Waals surface area contributed by atoms with E-state index in [1.54, 1.807) is 41.5 Å². The Hall–Kier alpha value is -4.44. The first-order chi connectivity index (χ1) is 21.5. The number of hydrogen-bond acceptors (Lipinski definition) is 13. The number of carboxylic acids is 1. The molecule has 17 nitrogen and oxygen atoms in total. The first kappa shape index (κ1) is 40.6. The van der Waals surface area contributed by atoms with Crippen molar-refractivity contribution in [1.29, 1.82) is 0 Å². The lowest BCUT2D eigenvalue weighted by Gasteiger charge is -2.27. The number of ether oxygens (including phenoxy) is 5. The van der Waals surface area contributed by atoms with Gasteiger partial charge in [-0.05, 0) is 41.5 Å². The van der Waals surface area contributed by atoms with Gasteiger partial charge < -0.3 is 34.1 Å². The molecule has 2 saturated heterocycles. The number of likely N-dealkylation sites (tertiary alicyclic amines) is 2. The van der Waals surface area contributed by atoms with Gasteiger partial charge in [0.25, 0.3) is 0 Å². The van der Waals surface area contributed by atoms with E-state index in [2.05, 4.69) is 10.1 Å². The van der Waals surface area contributed by atoms with E-state index >= 15 is 0 Å². The first-order valence-electron chi connectivity index (χ1n) is 15.0. The van der Waals surface area contributed by atoms with Gasteiger partial charge in [0.2, 0.25) is 5.91 Å². The Morgan fingerprint density at radius 2 is 1.15 bits per heavy atom. The lowest BCUT2D eigenvalue weighted by atomic mass is 10.1. The molecular formula is C30H47N3O14. The molecule has 0 spiro atoms. The lowest BCUT2D eigenvalue weighted by Crippen LogP contribution is -2.48. The third kappa shape index (κ3) is 15.1. The molecule has 2 aliphatic heterocycles. The highest BCUT2D eigenvalue weighted by Crippen LogP contribution is 2.25.